The highest BCUT2D eigenvalue weighted by molar-refractivity contribution is 6.32. The Morgan fingerprint density at radius 2 is 1.58 bits per heavy atom. The summed E-state index contributed by atoms with van der Waals surface area (Å²) in [6.07, 6.45) is -2.63. The molecule has 0 unspecified atom stereocenters. The number of benzene rings is 4. The van der Waals surface area contributed by atoms with Crippen molar-refractivity contribution in [3.63, 3.8) is 0 Å². The molecule has 0 aliphatic carbocycles. The molecule has 0 saturated carbocycles. The molecule has 4 aromatic carbocycles. The summed E-state index contributed by atoms with van der Waals surface area (Å²) in [5, 5.41) is 15.8. The molecule has 0 spiro atoms. The molecule has 1 fully saturated rings. The lowest BCUT2D eigenvalue weighted by Crippen LogP contribution is -2.38. The van der Waals surface area contributed by atoms with E-state index in [-0.39, 0.29) is 12.2 Å². The van der Waals surface area contributed by atoms with Gasteiger partial charge in [-0.25, -0.2) is 4.79 Å². The van der Waals surface area contributed by atoms with Gasteiger partial charge in [-0.05, 0) is 84.7 Å². The summed E-state index contributed by atoms with van der Waals surface area (Å²) >= 11 is 6.38. The Hall–Kier alpha value is -5.30. The van der Waals surface area contributed by atoms with Crippen LogP contribution in [-0.4, -0.2) is 83.2 Å². The Kier molecular flexibility index (Phi) is 13.0. The van der Waals surface area contributed by atoms with E-state index in [2.05, 4.69) is 33.0 Å². The molecule has 1 aliphatic heterocycles. The average Bonchev–Trinajstić information content (AvgIpc) is 3.72. The number of hydrogen-bond acceptors (Lipinski definition) is 5. The number of morpholine rings is 1. The zero-order valence-corrected chi connectivity index (χ0v) is 34.0. The van der Waals surface area contributed by atoms with E-state index >= 15 is 0 Å². The standard InChI is InChI=1S/C46H48ClF3N4O5/c1-30-25-34(26-31(2)42(30)47)59-22-8-14-39-38-13-7-12-37(43(38)54(44(39)45(56)57)19-18-52-20-23-58-24-21-52)35-10-4-3-9-32(35)28-53-29-33(36-11-5-6-15-40(36)53)16-17-51-41(55)27-46(48,49)50/h3-7,9-13,15,25-26,29H,8,14,16-24,27-28H2,1-2H3,(H,51,55)(H,56,57). The number of carboxylic acids is 1. The van der Waals surface area contributed by atoms with E-state index in [9.17, 15) is 27.9 Å². The van der Waals surface area contributed by atoms with Crippen LogP contribution in [0.3, 0.4) is 0 Å². The van der Waals surface area contributed by atoms with Gasteiger partial charge in [0.15, 0.2) is 0 Å². The van der Waals surface area contributed by atoms with Gasteiger partial charge in [-0.3, -0.25) is 9.69 Å². The van der Waals surface area contributed by atoms with E-state index in [1.165, 1.54) is 0 Å². The molecule has 2 aromatic heterocycles. The van der Waals surface area contributed by atoms with Crippen molar-refractivity contribution in [2.24, 2.45) is 0 Å². The number of para-hydroxylation sites is 2. The van der Waals surface area contributed by atoms with Gasteiger partial charge in [0.05, 0.1) is 25.3 Å². The number of aromatic nitrogens is 2. The molecule has 13 heteroatoms. The van der Waals surface area contributed by atoms with Crippen LogP contribution in [0.2, 0.25) is 5.02 Å². The highest BCUT2D eigenvalue weighted by atomic mass is 35.5. The van der Waals surface area contributed by atoms with Crippen LogP contribution in [0, 0.1) is 13.8 Å². The maximum absolute atomic E-state index is 13.3. The van der Waals surface area contributed by atoms with Crippen LogP contribution in [0.1, 0.15) is 51.1 Å². The topological polar surface area (TPSA) is 98.0 Å². The molecule has 310 valence electrons. The van der Waals surface area contributed by atoms with Crippen LogP contribution < -0.4 is 10.1 Å². The van der Waals surface area contributed by atoms with Gasteiger partial charge in [-0.15, -0.1) is 0 Å². The number of carbonyl (C=O) groups excluding carboxylic acids is 1. The number of aromatic carboxylic acids is 1. The second kappa shape index (κ2) is 18.3. The number of halogens is 4. The van der Waals surface area contributed by atoms with Gasteiger partial charge in [-0.1, -0.05) is 72.3 Å². The number of nitrogens with zero attached hydrogens (tertiary/aromatic N) is 3. The minimum Gasteiger partial charge on any atom is -0.494 e. The van der Waals surface area contributed by atoms with E-state index in [0.717, 1.165) is 79.6 Å². The predicted octanol–water partition coefficient (Wildman–Crippen LogP) is 9.23. The second-order valence-corrected chi connectivity index (χ2v) is 15.5. The van der Waals surface area contributed by atoms with Crippen molar-refractivity contribution in [1.82, 2.24) is 19.4 Å². The molecule has 3 heterocycles. The lowest BCUT2D eigenvalue weighted by atomic mass is 9.96. The molecule has 0 atom stereocenters. The number of aryl methyl sites for hydroxylation is 3. The van der Waals surface area contributed by atoms with E-state index in [1.807, 2.05) is 85.3 Å². The molecule has 59 heavy (non-hydrogen) atoms. The number of ether oxygens (including phenoxy) is 2. The number of fused-ring (bicyclic) bond motifs is 2. The predicted molar refractivity (Wildman–Crippen MR) is 225 cm³/mol. The summed E-state index contributed by atoms with van der Waals surface area (Å²) in [5.41, 5.74) is 8.52. The molecule has 6 aromatic rings. The van der Waals surface area contributed by atoms with Crippen molar-refractivity contribution in [2.75, 3.05) is 46.0 Å². The SMILES string of the molecule is Cc1cc(OCCCc2c(C(=O)O)n(CCN3CCOCC3)c3c(-c4ccccc4Cn4cc(CCNC(=O)CC(F)(F)F)c5ccccc54)cccc23)cc(C)c1Cl. The fraction of sp³-hybridized carbons (Fsp3) is 0.348. The number of alkyl halides is 3. The van der Waals surface area contributed by atoms with Crippen molar-refractivity contribution < 1.29 is 37.3 Å². The van der Waals surface area contributed by atoms with E-state index < -0.39 is 24.5 Å². The fourth-order valence-electron chi connectivity index (χ4n) is 8.25. The number of hydrogen-bond donors (Lipinski definition) is 2. The summed E-state index contributed by atoms with van der Waals surface area (Å²) in [7, 11) is 0. The summed E-state index contributed by atoms with van der Waals surface area (Å²) < 4.78 is 54.1. The molecule has 7 rings (SSSR count). The quantitative estimate of drug-likeness (QED) is 0.0945. The normalized spacial score (nSPS) is 13.7. The first-order chi connectivity index (χ1) is 28.4. The fourth-order valence-corrected chi connectivity index (χ4v) is 8.36. The van der Waals surface area contributed by atoms with Crippen LogP contribution in [0.15, 0.2) is 85.1 Å². The summed E-state index contributed by atoms with van der Waals surface area (Å²) in [4.78, 5) is 27.5. The third kappa shape index (κ3) is 9.78. The monoisotopic (exact) mass is 828 g/mol. The van der Waals surface area contributed by atoms with Gasteiger partial charge < -0.3 is 29.0 Å². The number of carbonyl (C=O) groups is 2. The number of amides is 1. The summed E-state index contributed by atoms with van der Waals surface area (Å²) in [5.74, 6) is -1.31. The molecule has 2 N–H and O–H groups in total. The van der Waals surface area contributed by atoms with Crippen molar-refractivity contribution in [3.05, 3.63) is 124 Å². The first-order valence-electron chi connectivity index (χ1n) is 19.9. The Bertz CT molecular complexity index is 2450. The Morgan fingerprint density at radius 1 is 0.881 bits per heavy atom. The van der Waals surface area contributed by atoms with Crippen molar-refractivity contribution >= 4 is 45.3 Å². The Morgan fingerprint density at radius 3 is 2.32 bits per heavy atom. The summed E-state index contributed by atoms with van der Waals surface area (Å²) in [6.45, 7) is 8.79. The molecular weight excluding hydrogens is 781 g/mol. The molecule has 0 bridgehead atoms. The number of nitrogens with one attached hydrogen (secondary N) is 1. The first-order valence-corrected chi connectivity index (χ1v) is 20.3. The second-order valence-electron chi connectivity index (χ2n) is 15.1. The lowest BCUT2D eigenvalue weighted by molar-refractivity contribution is -0.153. The Balaban J connectivity index is 1.23. The smallest absolute Gasteiger partial charge is 0.397 e. The van der Waals surface area contributed by atoms with Crippen molar-refractivity contribution in [2.45, 2.75) is 58.8 Å². The molecule has 0 radical (unpaired) electrons. The van der Waals surface area contributed by atoms with Crippen LogP contribution in [0.25, 0.3) is 32.9 Å². The molecular formula is C46H48ClF3N4O5. The van der Waals surface area contributed by atoms with E-state index in [4.69, 9.17) is 21.1 Å². The molecule has 1 aliphatic rings. The highest BCUT2D eigenvalue weighted by Crippen LogP contribution is 2.38. The third-order valence-electron chi connectivity index (χ3n) is 11.0. The van der Waals surface area contributed by atoms with Gasteiger partial charge >= 0.3 is 12.1 Å². The largest absolute Gasteiger partial charge is 0.494 e. The van der Waals surface area contributed by atoms with Crippen LogP contribution in [0.4, 0.5) is 13.2 Å². The van der Waals surface area contributed by atoms with Crippen molar-refractivity contribution in [3.8, 4) is 16.9 Å². The van der Waals surface area contributed by atoms with Crippen LogP contribution >= 0.6 is 11.6 Å². The molecule has 1 saturated heterocycles. The van der Waals surface area contributed by atoms with Crippen LogP contribution in [0.5, 0.6) is 5.75 Å². The zero-order valence-electron chi connectivity index (χ0n) is 33.2. The minimum absolute atomic E-state index is 0.0732. The van der Waals surface area contributed by atoms with Gasteiger partial charge in [0.25, 0.3) is 0 Å². The maximum Gasteiger partial charge on any atom is 0.397 e. The maximum atomic E-state index is 13.3. The van der Waals surface area contributed by atoms with E-state index in [0.29, 0.717) is 63.7 Å². The van der Waals surface area contributed by atoms with Crippen LogP contribution in [-0.2, 0) is 35.5 Å². The minimum atomic E-state index is -4.56. The number of rotatable bonds is 16. The summed E-state index contributed by atoms with van der Waals surface area (Å²) in [6, 6.07) is 25.8. The van der Waals surface area contributed by atoms with Gasteiger partial charge in [0, 0.05) is 72.3 Å². The lowest BCUT2D eigenvalue weighted by Gasteiger charge is -2.27. The molecule has 9 nitrogen and oxygen atoms in total. The van der Waals surface area contributed by atoms with Crippen molar-refractivity contribution in [1.29, 1.82) is 0 Å². The van der Waals surface area contributed by atoms with Gasteiger partial charge in [-0.2, -0.15) is 13.2 Å². The molecule has 1 amide bonds. The highest BCUT2D eigenvalue weighted by Gasteiger charge is 2.31. The Labute approximate surface area is 346 Å². The van der Waals surface area contributed by atoms with Gasteiger partial charge in [0.1, 0.15) is 17.9 Å². The zero-order chi connectivity index (χ0) is 41.7. The average molecular weight is 829 g/mol. The third-order valence-corrected chi connectivity index (χ3v) is 11.6. The van der Waals surface area contributed by atoms with Gasteiger partial charge in [0.2, 0.25) is 5.91 Å². The first kappa shape index (κ1) is 41.8. The van der Waals surface area contributed by atoms with E-state index in [1.54, 1.807) is 0 Å². The number of carboxylic acid groups (broad SMARTS) is 1.